The monoisotopic (exact) mass is 531 g/mol. The molecule has 3 aromatic rings. The van der Waals surface area contributed by atoms with Crippen LogP contribution in [-0.4, -0.2) is 44.2 Å². The van der Waals surface area contributed by atoms with Crippen LogP contribution in [0.4, 0.5) is 29.2 Å². The number of benzene rings is 1. The predicted octanol–water partition coefficient (Wildman–Crippen LogP) is 5.88. The molecule has 2 aliphatic rings. The Morgan fingerprint density at radius 1 is 1.18 bits per heavy atom. The first-order chi connectivity index (χ1) is 18.1. The molecule has 11 heteroatoms. The number of aliphatic carboxylic acids is 1. The molecule has 5 rings (SSSR count). The summed E-state index contributed by atoms with van der Waals surface area (Å²) >= 11 is 0. The van der Waals surface area contributed by atoms with Crippen molar-refractivity contribution in [3.8, 4) is 0 Å². The molecule has 1 saturated carbocycles. The van der Waals surface area contributed by atoms with Gasteiger partial charge in [0.15, 0.2) is 5.82 Å². The number of nitrogens with zero attached hydrogens (tertiary/aromatic N) is 3. The fourth-order valence-corrected chi connectivity index (χ4v) is 5.48. The summed E-state index contributed by atoms with van der Waals surface area (Å²) < 4.78 is 56.1. The van der Waals surface area contributed by atoms with E-state index in [1.54, 1.807) is 12.1 Å². The van der Waals surface area contributed by atoms with Crippen molar-refractivity contribution < 1.29 is 27.5 Å². The summed E-state index contributed by atoms with van der Waals surface area (Å²) in [5, 5.41) is 20.1. The lowest BCUT2D eigenvalue weighted by molar-refractivity contribution is -0.152. The van der Waals surface area contributed by atoms with E-state index in [1.807, 2.05) is 11.8 Å². The second-order valence-corrected chi connectivity index (χ2v) is 10.4. The highest BCUT2D eigenvalue weighted by Crippen LogP contribution is 2.50. The Bertz CT molecular complexity index is 1310. The lowest BCUT2D eigenvalue weighted by atomic mass is 9.74. The van der Waals surface area contributed by atoms with Crippen LogP contribution in [0.1, 0.15) is 54.2 Å². The summed E-state index contributed by atoms with van der Waals surface area (Å²) in [5.41, 5.74) is -0.822. The largest absolute Gasteiger partial charge is 0.481 e. The number of aryl methyl sites for hydroxylation is 1. The van der Waals surface area contributed by atoms with Crippen molar-refractivity contribution in [1.82, 2.24) is 20.1 Å². The van der Waals surface area contributed by atoms with Crippen LogP contribution < -0.4 is 5.32 Å². The second kappa shape index (κ2) is 10.0. The van der Waals surface area contributed by atoms with E-state index in [2.05, 4.69) is 20.5 Å². The maximum atomic E-state index is 14.8. The number of rotatable bonds is 8. The van der Waals surface area contributed by atoms with Crippen LogP contribution in [-0.2, 0) is 17.4 Å². The van der Waals surface area contributed by atoms with Gasteiger partial charge in [-0.3, -0.25) is 14.8 Å². The van der Waals surface area contributed by atoms with Crippen molar-refractivity contribution in [3.63, 3.8) is 0 Å². The molecule has 1 aliphatic carbocycles. The van der Waals surface area contributed by atoms with Gasteiger partial charge in [0, 0.05) is 24.2 Å². The molecule has 1 aliphatic heterocycles. The number of hydrogen-bond donors (Lipinski definition) is 3. The number of carboxylic acids is 1. The Balaban J connectivity index is 1.36. The van der Waals surface area contributed by atoms with Gasteiger partial charge >= 0.3 is 12.1 Å². The SMILES string of the molecule is Cc1cc(Nc2ccc(F)c(CC3(C(=O)O)CCN(C(c4ccccc4C(F)(F)F)C4CC4)CC3)n2)n[nH]1. The molecule has 2 fully saturated rings. The number of likely N-dealkylation sites (tertiary alicyclic amines) is 1. The molecule has 1 aromatic carbocycles. The van der Waals surface area contributed by atoms with E-state index in [-0.39, 0.29) is 36.4 Å². The summed E-state index contributed by atoms with van der Waals surface area (Å²) in [6.45, 7) is 2.43. The highest BCUT2D eigenvalue weighted by molar-refractivity contribution is 5.75. The molecule has 7 nitrogen and oxygen atoms in total. The van der Waals surface area contributed by atoms with Crippen molar-refractivity contribution >= 4 is 17.6 Å². The van der Waals surface area contributed by atoms with Gasteiger partial charge in [-0.15, -0.1) is 0 Å². The number of carboxylic acid groups (broad SMARTS) is 1. The number of pyridine rings is 1. The molecule has 202 valence electrons. The smallest absolute Gasteiger partial charge is 0.416 e. The number of aromatic amines is 1. The maximum Gasteiger partial charge on any atom is 0.416 e. The van der Waals surface area contributed by atoms with Gasteiger partial charge in [0.25, 0.3) is 0 Å². The number of aromatic nitrogens is 3. The van der Waals surface area contributed by atoms with Crippen molar-refractivity contribution in [3.05, 3.63) is 70.8 Å². The number of anilines is 2. The lowest BCUT2D eigenvalue weighted by Gasteiger charge is -2.43. The van der Waals surface area contributed by atoms with Gasteiger partial charge in [-0.2, -0.15) is 18.3 Å². The van der Waals surface area contributed by atoms with E-state index in [0.717, 1.165) is 24.6 Å². The summed E-state index contributed by atoms with van der Waals surface area (Å²) in [4.78, 5) is 18.8. The van der Waals surface area contributed by atoms with Crippen LogP contribution in [0.5, 0.6) is 0 Å². The molecule has 0 spiro atoms. The van der Waals surface area contributed by atoms with E-state index in [4.69, 9.17) is 0 Å². The quantitative estimate of drug-likeness (QED) is 0.315. The molecule has 1 atom stereocenters. The Kier molecular flexibility index (Phi) is 6.89. The van der Waals surface area contributed by atoms with E-state index in [0.29, 0.717) is 24.7 Å². The molecular weight excluding hydrogens is 502 g/mol. The molecule has 2 aromatic heterocycles. The first-order valence-corrected chi connectivity index (χ1v) is 12.6. The fourth-order valence-electron chi connectivity index (χ4n) is 5.48. The van der Waals surface area contributed by atoms with Crippen molar-refractivity contribution in [1.29, 1.82) is 0 Å². The molecule has 0 radical (unpaired) electrons. The van der Waals surface area contributed by atoms with Crippen LogP contribution in [0.3, 0.4) is 0 Å². The molecule has 38 heavy (non-hydrogen) atoms. The minimum absolute atomic E-state index is 0.0271. The van der Waals surface area contributed by atoms with Crippen LogP contribution in [0.15, 0.2) is 42.5 Å². The van der Waals surface area contributed by atoms with Crippen molar-refractivity contribution in [2.75, 3.05) is 18.4 Å². The van der Waals surface area contributed by atoms with Gasteiger partial charge < -0.3 is 10.4 Å². The van der Waals surface area contributed by atoms with E-state index in [9.17, 15) is 27.5 Å². The van der Waals surface area contributed by atoms with Gasteiger partial charge in [0.1, 0.15) is 11.6 Å². The van der Waals surface area contributed by atoms with Gasteiger partial charge in [-0.05, 0) is 75.4 Å². The van der Waals surface area contributed by atoms with Crippen LogP contribution >= 0.6 is 0 Å². The van der Waals surface area contributed by atoms with Gasteiger partial charge in [-0.25, -0.2) is 9.37 Å². The topological polar surface area (TPSA) is 94.1 Å². The van der Waals surface area contributed by atoms with Gasteiger partial charge in [-0.1, -0.05) is 18.2 Å². The van der Waals surface area contributed by atoms with E-state index in [1.165, 1.54) is 24.3 Å². The zero-order valence-electron chi connectivity index (χ0n) is 20.9. The Labute approximate surface area is 217 Å². The number of piperidine rings is 1. The van der Waals surface area contributed by atoms with E-state index < -0.39 is 35.0 Å². The van der Waals surface area contributed by atoms with Gasteiger partial charge in [0.2, 0.25) is 0 Å². The predicted molar refractivity (Wildman–Crippen MR) is 132 cm³/mol. The minimum Gasteiger partial charge on any atom is -0.481 e. The van der Waals surface area contributed by atoms with Crippen molar-refractivity contribution in [2.24, 2.45) is 11.3 Å². The Hall–Kier alpha value is -3.47. The normalized spacial score (nSPS) is 18.8. The van der Waals surface area contributed by atoms with Crippen molar-refractivity contribution in [2.45, 2.75) is 51.2 Å². The average Bonchev–Trinajstić information content (AvgIpc) is 3.62. The molecule has 0 amide bonds. The number of halogens is 4. The molecule has 1 unspecified atom stereocenters. The number of alkyl halides is 3. The summed E-state index contributed by atoms with van der Waals surface area (Å²) in [6, 6.07) is 9.67. The fraction of sp³-hybridized carbons (Fsp3) is 0.444. The van der Waals surface area contributed by atoms with Crippen LogP contribution in [0.2, 0.25) is 0 Å². The molecule has 0 bridgehead atoms. The Morgan fingerprint density at radius 3 is 2.50 bits per heavy atom. The number of H-pyrrole nitrogens is 1. The summed E-state index contributed by atoms with van der Waals surface area (Å²) in [6.07, 6.45) is -2.57. The number of hydrogen-bond acceptors (Lipinski definition) is 5. The molecule has 1 saturated heterocycles. The molecule has 3 heterocycles. The zero-order valence-corrected chi connectivity index (χ0v) is 20.9. The highest BCUT2D eigenvalue weighted by Gasteiger charge is 2.47. The summed E-state index contributed by atoms with van der Waals surface area (Å²) in [5.74, 6) is -0.726. The van der Waals surface area contributed by atoms with Crippen LogP contribution in [0.25, 0.3) is 0 Å². The van der Waals surface area contributed by atoms with Gasteiger partial charge in [0.05, 0.1) is 16.7 Å². The third kappa shape index (κ3) is 5.38. The lowest BCUT2D eigenvalue weighted by Crippen LogP contribution is -2.47. The number of nitrogens with one attached hydrogen (secondary N) is 2. The minimum atomic E-state index is -4.47. The van der Waals surface area contributed by atoms with Crippen LogP contribution in [0, 0.1) is 24.1 Å². The second-order valence-electron chi connectivity index (χ2n) is 10.4. The summed E-state index contributed by atoms with van der Waals surface area (Å²) in [7, 11) is 0. The molecule has 3 N–H and O–H groups in total. The third-order valence-electron chi connectivity index (χ3n) is 7.64. The Morgan fingerprint density at radius 2 is 1.89 bits per heavy atom. The standard InChI is InChI=1S/C27H29F4N5O2/c1-16-14-23(35-34-16)33-22-9-8-20(28)21(32-22)15-26(25(37)38)10-12-36(13-11-26)24(17-6-7-17)18-4-2-3-5-19(18)27(29,30)31/h2-5,8-9,14,17,24H,6-7,10-13,15H2,1H3,(H,37,38)(H2,32,33,34,35). The maximum absolute atomic E-state index is 14.8. The average molecular weight is 532 g/mol. The molecular formula is C27H29F4N5O2. The first-order valence-electron chi connectivity index (χ1n) is 12.6. The third-order valence-corrected chi connectivity index (χ3v) is 7.64. The zero-order chi connectivity index (χ0) is 27.1. The number of carbonyl (C=O) groups is 1. The first kappa shape index (κ1) is 26.1. The van der Waals surface area contributed by atoms with E-state index >= 15 is 0 Å². The highest BCUT2D eigenvalue weighted by atomic mass is 19.4.